The van der Waals surface area contributed by atoms with Gasteiger partial charge in [-0.1, -0.05) is 0 Å². The van der Waals surface area contributed by atoms with Crippen LogP contribution in [0.15, 0.2) is 9.79 Å². The van der Waals surface area contributed by atoms with E-state index in [4.69, 9.17) is 4.99 Å². The minimum atomic E-state index is 0. The van der Waals surface area contributed by atoms with Gasteiger partial charge in [-0.05, 0) is 58.9 Å². The van der Waals surface area contributed by atoms with Gasteiger partial charge in [-0.15, -0.1) is 24.0 Å². The van der Waals surface area contributed by atoms with Gasteiger partial charge in [-0.2, -0.15) is 10.2 Å². The van der Waals surface area contributed by atoms with Crippen LogP contribution in [0.1, 0.15) is 55.9 Å². The minimum Gasteiger partial charge on any atom is -0.357 e. The highest BCUT2D eigenvalue weighted by molar-refractivity contribution is 14.0. The van der Waals surface area contributed by atoms with E-state index in [1.54, 1.807) is 4.68 Å². The normalized spacial score (nSPS) is 14.7. The summed E-state index contributed by atoms with van der Waals surface area (Å²) >= 11 is 0. The Kier molecular flexibility index (Phi) is 9.57. The van der Waals surface area contributed by atoms with E-state index in [9.17, 15) is 4.79 Å². The highest BCUT2D eigenvalue weighted by atomic mass is 127. The van der Waals surface area contributed by atoms with Crippen LogP contribution in [0.2, 0.25) is 0 Å². The van der Waals surface area contributed by atoms with Gasteiger partial charge in [0.05, 0.1) is 5.69 Å². The van der Waals surface area contributed by atoms with E-state index in [-0.39, 0.29) is 35.7 Å². The molecule has 1 aliphatic heterocycles. The second kappa shape index (κ2) is 11.7. The lowest BCUT2D eigenvalue weighted by Crippen LogP contribution is -2.43. The summed E-state index contributed by atoms with van der Waals surface area (Å²) in [7, 11) is 1.98. The number of aromatic nitrogens is 5. The molecule has 0 saturated carbocycles. The number of hydrogen-bond donors (Lipinski definition) is 2. The van der Waals surface area contributed by atoms with Crippen molar-refractivity contribution in [2.24, 2.45) is 12.0 Å². The average Bonchev–Trinajstić information content (AvgIpc) is 3.16. The summed E-state index contributed by atoms with van der Waals surface area (Å²) in [6.45, 7) is 11.2. The van der Waals surface area contributed by atoms with Gasteiger partial charge in [-0.3, -0.25) is 14.2 Å². The first-order chi connectivity index (χ1) is 14.4. The first-order valence-electron chi connectivity index (χ1n) is 11.1. The number of aryl methyl sites for hydroxylation is 4. The Balaban J connectivity index is 0.00000341. The number of nitrogens with zero attached hydrogens (tertiary/aromatic N) is 6. The van der Waals surface area contributed by atoms with E-state index < -0.39 is 0 Å². The molecule has 0 amide bonds. The van der Waals surface area contributed by atoms with Crippen molar-refractivity contribution < 1.29 is 0 Å². The standard InChI is InChI=1S/C21H36N8O.HI/c1-6-22-20(24-15(2)14-18-16(3)25-27(5)17(18)4)23-11-9-13-29-21(30)28-12-8-7-10-19(28)26-29;/h15H,6-14H2,1-5H3,(H2,22,23,24);1H. The maximum atomic E-state index is 12.4. The minimum absolute atomic E-state index is 0. The molecule has 0 bridgehead atoms. The molecule has 1 atom stereocenters. The molecule has 0 aromatic carbocycles. The van der Waals surface area contributed by atoms with Crippen molar-refractivity contribution in [3.05, 3.63) is 33.3 Å². The van der Waals surface area contributed by atoms with Crippen LogP contribution in [0, 0.1) is 13.8 Å². The van der Waals surface area contributed by atoms with Gasteiger partial charge in [0.15, 0.2) is 5.96 Å². The average molecular weight is 544 g/mol. The predicted molar refractivity (Wildman–Crippen MR) is 134 cm³/mol. The van der Waals surface area contributed by atoms with E-state index in [2.05, 4.69) is 48.5 Å². The highest BCUT2D eigenvalue weighted by Crippen LogP contribution is 2.14. The lowest BCUT2D eigenvalue weighted by Gasteiger charge is -2.18. The number of aliphatic imine (C=N–C) groups is 1. The van der Waals surface area contributed by atoms with Crippen molar-refractivity contribution in [2.75, 3.05) is 13.1 Å². The Bertz CT molecular complexity index is 942. The molecular weight excluding hydrogens is 507 g/mol. The topological polar surface area (TPSA) is 94.1 Å². The number of fused-ring (bicyclic) bond motifs is 1. The molecule has 2 aromatic rings. The Hall–Kier alpha value is -1.85. The number of nitrogens with one attached hydrogen (secondary N) is 2. The van der Waals surface area contributed by atoms with Crippen LogP contribution in [0.25, 0.3) is 0 Å². The van der Waals surface area contributed by atoms with Crippen LogP contribution in [0.4, 0.5) is 0 Å². The van der Waals surface area contributed by atoms with E-state index in [1.807, 2.05) is 16.3 Å². The number of hydrogen-bond acceptors (Lipinski definition) is 4. The van der Waals surface area contributed by atoms with Crippen LogP contribution in [0.5, 0.6) is 0 Å². The smallest absolute Gasteiger partial charge is 0.345 e. The zero-order valence-electron chi connectivity index (χ0n) is 19.4. The maximum Gasteiger partial charge on any atom is 0.345 e. The SMILES string of the molecule is CCNC(=NCCCn1nc2n(c1=O)CCCC2)NC(C)Cc1c(C)nn(C)c1C.I. The van der Waals surface area contributed by atoms with Gasteiger partial charge in [-0.25, -0.2) is 9.48 Å². The molecule has 174 valence electrons. The van der Waals surface area contributed by atoms with Gasteiger partial charge in [0.1, 0.15) is 5.82 Å². The van der Waals surface area contributed by atoms with Crippen LogP contribution in [-0.4, -0.2) is 49.2 Å². The number of rotatable bonds is 8. The van der Waals surface area contributed by atoms with Crippen LogP contribution in [-0.2, 0) is 33.0 Å². The summed E-state index contributed by atoms with van der Waals surface area (Å²) in [5.41, 5.74) is 3.60. The molecule has 1 aliphatic rings. The Morgan fingerprint density at radius 3 is 2.68 bits per heavy atom. The fraction of sp³-hybridized carbons (Fsp3) is 0.714. The van der Waals surface area contributed by atoms with Gasteiger partial charge in [0.2, 0.25) is 0 Å². The van der Waals surface area contributed by atoms with Gasteiger partial charge < -0.3 is 10.6 Å². The summed E-state index contributed by atoms with van der Waals surface area (Å²) in [6, 6.07) is 0.229. The quantitative estimate of drug-likeness (QED) is 0.229. The van der Waals surface area contributed by atoms with Crippen LogP contribution >= 0.6 is 24.0 Å². The van der Waals surface area contributed by atoms with Crippen molar-refractivity contribution in [3.8, 4) is 0 Å². The Morgan fingerprint density at radius 2 is 2.03 bits per heavy atom. The molecule has 0 aliphatic carbocycles. The third-order valence-corrected chi connectivity index (χ3v) is 5.73. The molecule has 31 heavy (non-hydrogen) atoms. The summed E-state index contributed by atoms with van der Waals surface area (Å²) in [5, 5.41) is 15.8. The summed E-state index contributed by atoms with van der Waals surface area (Å²) < 4.78 is 5.36. The highest BCUT2D eigenvalue weighted by Gasteiger charge is 2.16. The van der Waals surface area contributed by atoms with Gasteiger partial charge >= 0.3 is 5.69 Å². The second-order valence-corrected chi connectivity index (χ2v) is 8.17. The lowest BCUT2D eigenvalue weighted by molar-refractivity contribution is 0.509. The molecule has 3 heterocycles. The fourth-order valence-electron chi connectivity index (χ4n) is 4.03. The molecule has 9 nitrogen and oxygen atoms in total. The molecule has 2 N–H and O–H groups in total. The van der Waals surface area contributed by atoms with Crippen molar-refractivity contribution >= 4 is 29.9 Å². The molecule has 0 saturated heterocycles. The predicted octanol–water partition coefficient (Wildman–Crippen LogP) is 1.93. The summed E-state index contributed by atoms with van der Waals surface area (Å²) in [5.74, 6) is 1.74. The van der Waals surface area contributed by atoms with Crippen molar-refractivity contribution in [1.29, 1.82) is 0 Å². The molecule has 0 spiro atoms. The molecular formula is C21H37IN8O. The number of guanidine groups is 1. The maximum absolute atomic E-state index is 12.4. The molecule has 0 radical (unpaired) electrons. The molecule has 0 fully saturated rings. The lowest BCUT2D eigenvalue weighted by atomic mass is 10.1. The van der Waals surface area contributed by atoms with E-state index in [0.29, 0.717) is 13.1 Å². The first-order valence-corrected chi connectivity index (χ1v) is 11.1. The Morgan fingerprint density at radius 1 is 1.26 bits per heavy atom. The zero-order chi connectivity index (χ0) is 21.7. The third-order valence-electron chi connectivity index (χ3n) is 5.73. The molecule has 1 unspecified atom stereocenters. The van der Waals surface area contributed by atoms with Gasteiger partial charge in [0, 0.05) is 51.4 Å². The molecule has 3 rings (SSSR count). The summed E-state index contributed by atoms with van der Waals surface area (Å²) in [6.07, 6.45) is 4.77. The summed E-state index contributed by atoms with van der Waals surface area (Å²) in [4.78, 5) is 17.1. The van der Waals surface area contributed by atoms with Crippen LogP contribution in [0.3, 0.4) is 0 Å². The zero-order valence-corrected chi connectivity index (χ0v) is 21.8. The van der Waals surface area contributed by atoms with E-state index >= 15 is 0 Å². The fourth-order valence-corrected chi connectivity index (χ4v) is 4.03. The third kappa shape index (κ3) is 6.33. The molecule has 10 heteroatoms. The largest absolute Gasteiger partial charge is 0.357 e. The molecule has 2 aromatic heterocycles. The van der Waals surface area contributed by atoms with Crippen molar-refractivity contribution in [3.63, 3.8) is 0 Å². The van der Waals surface area contributed by atoms with Gasteiger partial charge in [0.25, 0.3) is 0 Å². The second-order valence-electron chi connectivity index (χ2n) is 8.17. The van der Waals surface area contributed by atoms with Crippen molar-refractivity contribution in [1.82, 2.24) is 34.8 Å². The number of halogens is 1. The van der Waals surface area contributed by atoms with E-state index in [0.717, 1.165) is 62.7 Å². The van der Waals surface area contributed by atoms with Crippen molar-refractivity contribution in [2.45, 2.75) is 78.9 Å². The monoisotopic (exact) mass is 544 g/mol. The first kappa shape index (κ1) is 25.4. The van der Waals surface area contributed by atoms with E-state index in [1.165, 1.54) is 11.3 Å². The van der Waals surface area contributed by atoms with Crippen LogP contribution < -0.4 is 16.3 Å². The Labute approximate surface area is 201 Å².